The standard InChI is InChI=1S/C29H34N4OS2/c1-34-28-26(21-36-29-31-24-10-5-6-11-25(24)32-29)30-15-12-27(28)35-19-7-16-33-17-13-23(14-18-33)20-22-8-3-2-4-9-22/h2-6,8-12,15,23H,7,13-14,16-21H2,1H3,(H,31,32). The van der Waals surface area contributed by atoms with Crippen molar-refractivity contribution in [2.75, 3.05) is 32.5 Å². The molecule has 1 fully saturated rings. The molecule has 0 amide bonds. The van der Waals surface area contributed by atoms with Gasteiger partial charge in [-0.15, -0.1) is 11.8 Å². The molecule has 0 saturated carbocycles. The number of para-hydroxylation sites is 2. The Labute approximate surface area is 222 Å². The van der Waals surface area contributed by atoms with Crippen LogP contribution in [-0.4, -0.2) is 52.3 Å². The van der Waals surface area contributed by atoms with E-state index in [0.717, 1.165) is 45.1 Å². The molecule has 0 aliphatic carbocycles. The SMILES string of the molecule is COc1c(SCCCN2CCC(Cc3ccccc3)CC2)ccnc1CSc1nc2ccccc2[nH]1. The summed E-state index contributed by atoms with van der Waals surface area (Å²) in [5.74, 6) is 3.53. The molecule has 2 aromatic heterocycles. The number of thioether (sulfide) groups is 2. The lowest BCUT2D eigenvalue weighted by molar-refractivity contribution is 0.185. The van der Waals surface area contributed by atoms with Gasteiger partial charge in [0.05, 0.1) is 28.7 Å². The maximum Gasteiger partial charge on any atom is 0.166 e. The third-order valence-electron chi connectivity index (χ3n) is 6.81. The van der Waals surface area contributed by atoms with Crippen molar-refractivity contribution in [1.82, 2.24) is 19.9 Å². The van der Waals surface area contributed by atoms with Gasteiger partial charge in [-0.3, -0.25) is 4.98 Å². The zero-order valence-corrected chi connectivity index (χ0v) is 22.5. The molecule has 1 N–H and O–H groups in total. The second-order valence-electron chi connectivity index (χ2n) is 9.31. The number of methoxy groups -OCH3 is 1. The molecule has 2 aromatic carbocycles. The van der Waals surface area contributed by atoms with E-state index in [1.807, 2.05) is 36.2 Å². The Morgan fingerprint density at radius 1 is 1.00 bits per heavy atom. The molecule has 188 valence electrons. The molecule has 0 spiro atoms. The fourth-order valence-corrected chi connectivity index (χ4v) is 6.68. The minimum Gasteiger partial charge on any atom is -0.494 e. The molecule has 0 radical (unpaired) electrons. The number of benzene rings is 2. The average Bonchev–Trinajstić information content (AvgIpc) is 3.34. The van der Waals surface area contributed by atoms with Gasteiger partial charge in [-0.05, 0) is 80.8 Å². The summed E-state index contributed by atoms with van der Waals surface area (Å²) in [6.45, 7) is 3.63. The van der Waals surface area contributed by atoms with Crippen LogP contribution in [0.3, 0.4) is 0 Å². The average molecular weight is 519 g/mol. The second-order valence-corrected chi connectivity index (χ2v) is 11.4. The van der Waals surface area contributed by atoms with Crippen LogP contribution in [0.25, 0.3) is 11.0 Å². The van der Waals surface area contributed by atoms with Crippen LogP contribution in [0.5, 0.6) is 5.75 Å². The largest absolute Gasteiger partial charge is 0.494 e. The summed E-state index contributed by atoms with van der Waals surface area (Å²) in [5.41, 5.74) is 4.50. The highest BCUT2D eigenvalue weighted by atomic mass is 32.2. The molecule has 5 nitrogen and oxygen atoms in total. The van der Waals surface area contributed by atoms with Crippen molar-refractivity contribution in [3.8, 4) is 5.75 Å². The number of hydrogen-bond acceptors (Lipinski definition) is 6. The first-order valence-electron chi connectivity index (χ1n) is 12.8. The highest BCUT2D eigenvalue weighted by Crippen LogP contribution is 2.35. The summed E-state index contributed by atoms with van der Waals surface area (Å²) < 4.78 is 5.79. The predicted molar refractivity (Wildman–Crippen MR) is 151 cm³/mol. The van der Waals surface area contributed by atoms with Crippen LogP contribution in [0.4, 0.5) is 0 Å². The van der Waals surface area contributed by atoms with Crippen molar-refractivity contribution in [2.24, 2.45) is 5.92 Å². The van der Waals surface area contributed by atoms with Gasteiger partial charge in [0, 0.05) is 11.9 Å². The van der Waals surface area contributed by atoms with Gasteiger partial charge in [-0.25, -0.2) is 4.98 Å². The Kier molecular flexibility index (Phi) is 8.85. The van der Waals surface area contributed by atoms with Gasteiger partial charge >= 0.3 is 0 Å². The topological polar surface area (TPSA) is 54.0 Å². The molecule has 1 aliphatic rings. The minimum absolute atomic E-state index is 0.718. The lowest BCUT2D eigenvalue weighted by Crippen LogP contribution is -2.35. The van der Waals surface area contributed by atoms with Crippen LogP contribution in [0.1, 0.15) is 30.5 Å². The fourth-order valence-electron chi connectivity index (χ4n) is 4.87. The van der Waals surface area contributed by atoms with Crippen molar-refractivity contribution < 1.29 is 4.74 Å². The van der Waals surface area contributed by atoms with Crippen molar-refractivity contribution in [3.05, 3.63) is 78.1 Å². The van der Waals surface area contributed by atoms with E-state index in [0.29, 0.717) is 0 Å². The number of aromatic nitrogens is 3. The highest BCUT2D eigenvalue weighted by molar-refractivity contribution is 7.99. The first-order valence-corrected chi connectivity index (χ1v) is 14.7. The summed E-state index contributed by atoms with van der Waals surface area (Å²) >= 11 is 3.54. The number of likely N-dealkylation sites (tertiary alicyclic amines) is 1. The van der Waals surface area contributed by atoms with Crippen LogP contribution >= 0.6 is 23.5 Å². The Hall–Kier alpha value is -2.48. The molecular formula is C29H34N4OS2. The number of nitrogens with one attached hydrogen (secondary N) is 1. The van der Waals surface area contributed by atoms with Gasteiger partial charge in [0.1, 0.15) is 0 Å². The first kappa shape index (κ1) is 25.2. The van der Waals surface area contributed by atoms with Gasteiger partial charge in [-0.2, -0.15) is 0 Å². The normalized spacial score (nSPS) is 14.9. The summed E-state index contributed by atoms with van der Waals surface area (Å²) in [6.07, 6.45) is 6.93. The van der Waals surface area contributed by atoms with Gasteiger partial charge in [0.15, 0.2) is 10.9 Å². The quantitative estimate of drug-likeness (QED) is 0.176. The van der Waals surface area contributed by atoms with E-state index >= 15 is 0 Å². The second kappa shape index (κ2) is 12.7. The molecule has 5 rings (SSSR count). The molecule has 36 heavy (non-hydrogen) atoms. The van der Waals surface area contributed by atoms with E-state index in [1.54, 1.807) is 18.9 Å². The van der Waals surface area contributed by atoms with Crippen LogP contribution < -0.4 is 4.74 Å². The summed E-state index contributed by atoms with van der Waals surface area (Å²) in [6, 6.07) is 21.1. The van der Waals surface area contributed by atoms with E-state index in [9.17, 15) is 0 Å². The number of piperidine rings is 1. The molecule has 1 aliphatic heterocycles. The van der Waals surface area contributed by atoms with Crippen molar-refractivity contribution >= 4 is 34.6 Å². The van der Waals surface area contributed by atoms with E-state index in [2.05, 4.69) is 62.3 Å². The molecule has 0 bridgehead atoms. The molecule has 1 saturated heterocycles. The number of hydrogen-bond donors (Lipinski definition) is 1. The lowest BCUT2D eigenvalue weighted by Gasteiger charge is -2.32. The molecular weight excluding hydrogens is 484 g/mol. The first-order chi connectivity index (χ1) is 17.8. The molecule has 0 atom stereocenters. The van der Waals surface area contributed by atoms with Crippen molar-refractivity contribution in [1.29, 1.82) is 0 Å². The van der Waals surface area contributed by atoms with E-state index < -0.39 is 0 Å². The van der Waals surface area contributed by atoms with Crippen LogP contribution in [0.2, 0.25) is 0 Å². The van der Waals surface area contributed by atoms with Gasteiger partial charge in [0.25, 0.3) is 0 Å². The number of aromatic amines is 1. The predicted octanol–water partition coefficient (Wildman–Crippen LogP) is 6.70. The molecule has 0 unspecified atom stereocenters. The lowest BCUT2D eigenvalue weighted by atomic mass is 9.90. The highest BCUT2D eigenvalue weighted by Gasteiger charge is 2.19. The number of rotatable bonds is 11. The number of imidazole rings is 1. The maximum atomic E-state index is 5.79. The smallest absolute Gasteiger partial charge is 0.166 e. The maximum absolute atomic E-state index is 5.79. The molecule has 3 heterocycles. The molecule has 4 aromatic rings. The number of H-pyrrole nitrogens is 1. The summed E-state index contributed by atoms with van der Waals surface area (Å²) in [4.78, 5) is 16.5. The van der Waals surface area contributed by atoms with E-state index in [1.165, 1.54) is 55.8 Å². The van der Waals surface area contributed by atoms with E-state index in [4.69, 9.17) is 4.74 Å². The monoisotopic (exact) mass is 518 g/mol. The summed E-state index contributed by atoms with van der Waals surface area (Å²) in [5, 5.41) is 0.908. The van der Waals surface area contributed by atoms with Crippen LogP contribution in [0, 0.1) is 5.92 Å². The number of pyridine rings is 1. The number of nitrogens with zero attached hydrogens (tertiary/aromatic N) is 3. The summed E-state index contributed by atoms with van der Waals surface area (Å²) in [7, 11) is 1.75. The van der Waals surface area contributed by atoms with Crippen LogP contribution in [0.15, 0.2) is 76.9 Å². The minimum atomic E-state index is 0.718. The van der Waals surface area contributed by atoms with Gasteiger partial charge in [-0.1, -0.05) is 54.2 Å². The zero-order valence-electron chi connectivity index (χ0n) is 20.9. The fraction of sp³-hybridized carbons (Fsp3) is 0.379. The van der Waals surface area contributed by atoms with Gasteiger partial charge in [0.2, 0.25) is 0 Å². The van der Waals surface area contributed by atoms with Crippen LogP contribution in [-0.2, 0) is 12.2 Å². The molecule has 7 heteroatoms. The third-order valence-corrected chi connectivity index (χ3v) is 8.82. The Morgan fingerprint density at radius 2 is 1.81 bits per heavy atom. The third kappa shape index (κ3) is 6.64. The Morgan fingerprint density at radius 3 is 2.61 bits per heavy atom. The number of ether oxygens (including phenoxy) is 1. The Balaban J connectivity index is 1.07. The number of fused-ring (bicyclic) bond motifs is 1. The zero-order chi connectivity index (χ0) is 24.6. The van der Waals surface area contributed by atoms with Crippen molar-refractivity contribution in [3.63, 3.8) is 0 Å². The van der Waals surface area contributed by atoms with Crippen molar-refractivity contribution in [2.45, 2.75) is 41.5 Å². The van der Waals surface area contributed by atoms with E-state index in [-0.39, 0.29) is 0 Å². The van der Waals surface area contributed by atoms with Gasteiger partial charge < -0.3 is 14.6 Å². The Bertz CT molecular complexity index is 1210.